The lowest BCUT2D eigenvalue weighted by molar-refractivity contribution is 0.204. The van der Waals surface area contributed by atoms with E-state index < -0.39 is 10.0 Å². The maximum atomic E-state index is 12.3. The molecule has 0 bridgehead atoms. The highest BCUT2D eigenvalue weighted by atomic mass is 32.2. The van der Waals surface area contributed by atoms with Crippen molar-refractivity contribution >= 4 is 10.0 Å². The Morgan fingerprint density at radius 3 is 2.71 bits per heavy atom. The van der Waals surface area contributed by atoms with E-state index >= 15 is 0 Å². The van der Waals surface area contributed by atoms with Crippen molar-refractivity contribution in [2.75, 3.05) is 20.3 Å². The molecule has 0 aromatic carbocycles. The first-order chi connectivity index (χ1) is 9.94. The van der Waals surface area contributed by atoms with Crippen LogP contribution in [0.4, 0.5) is 0 Å². The SMILES string of the molecule is COCCNS(=O)(=O)c1cc(CNC(C)C)n(C2CC2)c1. The van der Waals surface area contributed by atoms with Gasteiger partial charge in [0.05, 0.1) is 11.5 Å². The van der Waals surface area contributed by atoms with Crippen LogP contribution in [0.5, 0.6) is 0 Å². The number of aromatic nitrogens is 1. The number of methoxy groups -OCH3 is 1. The summed E-state index contributed by atoms with van der Waals surface area (Å²) >= 11 is 0. The molecule has 0 radical (unpaired) electrons. The second-order valence-corrected chi connectivity index (χ2v) is 7.50. The van der Waals surface area contributed by atoms with E-state index in [1.807, 2.05) is 0 Å². The van der Waals surface area contributed by atoms with Gasteiger partial charge in [0.25, 0.3) is 0 Å². The molecule has 21 heavy (non-hydrogen) atoms. The summed E-state index contributed by atoms with van der Waals surface area (Å²) in [5, 5.41) is 3.35. The van der Waals surface area contributed by atoms with E-state index in [1.54, 1.807) is 19.4 Å². The van der Waals surface area contributed by atoms with E-state index in [9.17, 15) is 8.42 Å². The molecule has 0 aliphatic heterocycles. The summed E-state index contributed by atoms with van der Waals surface area (Å²) < 4.78 is 34.0. The number of rotatable bonds is 9. The minimum absolute atomic E-state index is 0.285. The Hall–Kier alpha value is -0.890. The maximum Gasteiger partial charge on any atom is 0.242 e. The minimum Gasteiger partial charge on any atom is -0.383 e. The van der Waals surface area contributed by atoms with Gasteiger partial charge < -0.3 is 14.6 Å². The Morgan fingerprint density at radius 2 is 2.14 bits per heavy atom. The molecule has 1 aliphatic rings. The molecule has 120 valence electrons. The summed E-state index contributed by atoms with van der Waals surface area (Å²) in [6.45, 7) is 5.49. The Bertz CT molecular complexity index is 562. The van der Waals surface area contributed by atoms with Crippen LogP contribution in [0.1, 0.15) is 38.4 Å². The van der Waals surface area contributed by atoms with Crippen molar-refractivity contribution in [1.29, 1.82) is 0 Å². The topological polar surface area (TPSA) is 72.4 Å². The molecule has 7 heteroatoms. The Labute approximate surface area is 126 Å². The number of hydrogen-bond acceptors (Lipinski definition) is 4. The van der Waals surface area contributed by atoms with Crippen LogP contribution >= 0.6 is 0 Å². The van der Waals surface area contributed by atoms with Crippen molar-refractivity contribution in [2.24, 2.45) is 0 Å². The van der Waals surface area contributed by atoms with Gasteiger partial charge >= 0.3 is 0 Å². The lowest BCUT2D eigenvalue weighted by Gasteiger charge is -2.10. The average molecular weight is 315 g/mol. The van der Waals surface area contributed by atoms with E-state index in [1.165, 1.54) is 0 Å². The molecule has 2 rings (SSSR count). The summed E-state index contributed by atoms with van der Waals surface area (Å²) in [5.74, 6) is 0. The number of sulfonamides is 1. The van der Waals surface area contributed by atoms with Crippen LogP contribution < -0.4 is 10.0 Å². The molecule has 0 spiro atoms. The smallest absolute Gasteiger partial charge is 0.242 e. The van der Waals surface area contributed by atoms with Crippen LogP contribution in [0.15, 0.2) is 17.2 Å². The van der Waals surface area contributed by atoms with Gasteiger partial charge in [-0.3, -0.25) is 0 Å². The summed E-state index contributed by atoms with van der Waals surface area (Å²) in [6, 6.07) is 2.59. The summed E-state index contributed by atoms with van der Waals surface area (Å²) in [7, 11) is -1.91. The second-order valence-electron chi connectivity index (χ2n) is 5.73. The van der Waals surface area contributed by atoms with Crippen LogP contribution in [0, 0.1) is 0 Å². The van der Waals surface area contributed by atoms with Crippen molar-refractivity contribution in [2.45, 2.75) is 50.2 Å². The second kappa shape index (κ2) is 6.91. The molecular weight excluding hydrogens is 290 g/mol. The van der Waals surface area contributed by atoms with Gasteiger partial charge in [0, 0.05) is 44.2 Å². The van der Waals surface area contributed by atoms with Crippen molar-refractivity contribution in [3.63, 3.8) is 0 Å². The van der Waals surface area contributed by atoms with Gasteiger partial charge in [-0.1, -0.05) is 13.8 Å². The fraction of sp³-hybridized carbons (Fsp3) is 0.714. The van der Waals surface area contributed by atoms with Crippen LogP contribution in [-0.4, -0.2) is 39.3 Å². The third-order valence-electron chi connectivity index (χ3n) is 3.45. The normalized spacial score (nSPS) is 15.8. The molecule has 0 atom stereocenters. The highest BCUT2D eigenvalue weighted by molar-refractivity contribution is 7.89. The zero-order valence-corrected chi connectivity index (χ0v) is 13.7. The average Bonchev–Trinajstić information content (AvgIpc) is 3.16. The van der Waals surface area contributed by atoms with Gasteiger partial charge in [0.15, 0.2) is 0 Å². The molecule has 0 amide bonds. The third-order valence-corrected chi connectivity index (χ3v) is 4.88. The summed E-state index contributed by atoms with van der Waals surface area (Å²) in [6.07, 6.45) is 4.00. The van der Waals surface area contributed by atoms with Crippen molar-refractivity contribution < 1.29 is 13.2 Å². The predicted molar refractivity (Wildman–Crippen MR) is 81.7 cm³/mol. The number of nitrogens with one attached hydrogen (secondary N) is 2. The van der Waals surface area contributed by atoms with Gasteiger partial charge in [0.1, 0.15) is 0 Å². The highest BCUT2D eigenvalue weighted by Crippen LogP contribution is 2.37. The standard InChI is InChI=1S/C14H25N3O3S/c1-11(2)15-9-13-8-14(10-17(13)12-4-5-12)21(18,19)16-6-7-20-3/h8,10-12,15-16H,4-7,9H2,1-3H3. The quantitative estimate of drug-likeness (QED) is 0.673. The van der Waals surface area contributed by atoms with E-state index in [-0.39, 0.29) is 6.54 Å². The molecule has 2 N–H and O–H groups in total. The molecule has 6 nitrogen and oxygen atoms in total. The van der Waals surface area contributed by atoms with Crippen LogP contribution in [-0.2, 0) is 21.3 Å². The van der Waals surface area contributed by atoms with E-state index in [0.29, 0.717) is 30.1 Å². The fourth-order valence-electron chi connectivity index (χ4n) is 2.15. The lowest BCUT2D eigenvalue weighted by atomic mass is 10.3. The Kier molecular flexibility index (Phi) is 5.43. The van der Waals surface area contributed by atoms with Gasteiger partial charge in [0.2, 0.25) is 10.0 Å². The molecule has 1 aromatic heterocycles. The predicted octanol–water partition coefficient (Wildman–Crippen LogP) is 1.25. The van der Waals surface area contributed by atoms with Gasteiger partial charge in [-0.15, -0.1) is 0 Å². The summed E-state index contributed by atoms with van der Waals surface area (Å²) in [4.78, 5) is 0.339. The number of hydrogen-bond donors (Lipinski definition) is 2. The molecular formula is C14H25N3O3S. The largest absolute Gasteiger partial charge is 0.383 e. The lowest BCUT2D eigenvalue weighted by Crippen LogP contribution is -2.26. The van der Waals surface area contributed by atoms with Crippen molar-refractivity contribution in [3.05, 3.63) is 18.0 Å². The zero-order valence-electron chi connectivity index (χ0n) is 12.9. The first-order valence-electron chi connectivity index (χ1n) is 7.37. The first kappa shape index (κ1) is 16.5. The van der Waals surface area contributed by atoms with Gasteiger partial charge in [-0.25, -0.2) is 13.1 Å². The van der Waals surface area contributed by atoms with Crippen LogP contribution in [0.2, 0.25) is 0 Å². The monoisotopic (exact) mass is 315 g/mol. The van der Waals surface area contributed by atoms with Crippen LogP contribution in [0.25, 0.3) is 0 Å². The number of ether oxygens (including phenoxy) is 1. The molecule has 0 unspecified atom stereocenters. The minimum atomic E-state index is -3.46. The molecule has 0 saturated heterocycles. The highest BCUT2D eigenvalue weighted by Gasteiger charge is 2.28. The maximum absolute atomic E-state index is 12.3. The molecule has 1 aromatic rings. The third kappa shape index (κ3) is 4.54. The fourth-order valence-corrected chi connectivity index (χ4v) is 3.21. The Morgan fingerprint density at radius 1 is 1.43 bits per heavy atom. The zero-order chi connectivity index (χ0) is 15.5. The Balaban J connectivity index is 2.14. The number of nitrogens with zero attached hydrogens (tertiary/aromatic N) is 1. The van der Waals surface area contributed by atoms with E-state index in [4.69, 9.17) is 4.74 Å². The molecule has 1 heterocycles. The van der Waals surface area contributed by atoms with E-state index in [2.05, 4.69) is 28.5 Å². The first-order valence-corrected chi connectivity index (χ1v) is 8.85. The molecule has 1 saturated carbocycles. The van der Waals surface area contributed by atoms with Crippen LogP contribution in [0.3, 0.4) is 0 Å². The summed E-state index contributed by atoms with van der Waals surface area (Å²) in [5.41, 5.74) is 1.03. The van der Waals surface area contributed by atoms with Crippen molar-refractivity contribution in [3.8, 4) is 0 Å². The van der Waals surface area contributed by atoms with Gasteiger partial charge in [-0.2, -0.15) is 0 Å². The molecule has 1 aliphatic carbocycles. The van der Waals surface area contributed by atoms with Gasteiger partial charge in [-0.05, 0) is 18.9 Å². The van der Waals surface area contributed by atoms with Crippen molar-refractivity contribution in [1.82, 2.24) is 14.6 Å². The molecule has 1 fully saturated rings. The van der Waals surface area contributed by atoms with E-state index in [0.717, 1.165) is 18.5 Å².